The summed E-state index contributed by atoms with van der Waals surface area (Å²) in [6.45, 7) is 8.15. The largest absolute Gasteiger partial charge is 0.427 e. The van der Waals surface area contributed by atoms with Crippen molar-refractivity contribution in [3.8, 4) is 0 Å². The smallest absolute Gasteiger partial charge is 0.328 e. The first-order chi connectivity index (χ1) is 22.5. The van der Waals surface area contributed by atoms with Gasteiger partial charge in [0.25, 0.3) is 0 Å². The fourth-order valence-corrected chi connectivity index (χ4v) is 10.2. The highest BCUT2D eigenvalue weighted by Gasteiger charge is 2.60. The maximum Gasteiger partial charge on any atom is 0.328 e. The zero-order chi connectivity index (χ0) is 34.9. The van der Waals surface area contributed by atoms with Crippen LogP contribution in [0.1, 0.15) is 66.2 Å². The molecule has 250 valence electrons. The lowest BCUT2D eigenvalue weighted by Gasteiger charge is -2.34. The van der Waals surface area contributed by atoms with Gasteiger partial charge in [-0.1, -0.05) is 26.9 Å². The Bertz CT molecular complexity index is 1130. The molecule has 0 aromatic rings. The number of hydrogen-bond acceptors (Lipinski definition) is 12. The molecule has 11 nitrogen and oxygen atoms in total. The van der Waals surface area contributed by atoms with Gasteiger partial charge >= 0.3 is 6.72 Å². The molecule has 9 unspecified atom stereocenters. The number of rotatable bonds is 17. The highest BCUT2D eigenvalue weighted by atomic mass is 32.5. The molecule has 5 aliphatic rings. The lowest BCUT2D eigenvalue weighted by molar-refractivity contribution is -0.228. The lowest BCUT2D eigenvalue weighted by Crippen LogP contribution is -2.43. The van der Waals surface area contributed by atoms with Crippen molar-refractivity contribution >= 4 is 51.0 Å². The highest BCUT2D eigenvalue weighted by molar-refractivity contribution is 8.07. The van der Waals surface area contributed by atoms with Gasteiger partial charge in [0.1, 0.15) is 63.0 Å². The van der Waals surface area contributed by atoms with E-state index in [1.165, 1.54) is 0 Å². The molecule has 5 rings (SSSR count). The van der Waals surface area contributed by atoms with Crippen LogP contribution in [0.4, 0.5) is 0 Å². The molecule has 0 bridgehead atoms. The number of ether oxygens (including phenoxy) is 5. The molecule has 1 aliphatic carbocycles. The predicted octanol–water partition coefficient (Wildman–Crippen LogP) is 1.67. The van der Waals surface area contributed by atoms with Crippen molar-refractivity contribution in [2.75, 3.05) is 19.8 Å². The van der Waals surface area contributed by atoms with E-state index in [-0.39, 0.29) is 31.5 Å². The van der Waals surface area contributed by atoms with Crippen molar-refractivity contribution in [2.45, 2.75) is 152 Å². The van der Waals surface area contributed by atoms with Gasteiger partial charge < -0.3 is 46.9 Å². The van der Waals surface area contributed by atoms with Gasteiger partial charge in [-0.2, -0.15) is 0 Å². The van der Waals surface area contributed by atoms with Crippen LogP contribution >= 0.6 is 6.72 Å². The van der Waals surface area contributed by atoms with Gasteiger partial charge in [0.15, 0.2) is 12.1 Å². The molecule has 4 aliphatic heterocycles. The first-order valence-corrected chi connectivity index (χ1v) is 22.5. The van der Waals surface area contributed by atoms with E-state index in [0.29, 0.717) is 19.4 Å². The first-order valence-electron chi connectivity index (χ1n) is 18.1. The quantitative estimate of drug-likeness (QED) is 0.177. The van der Waals surface area contributed by atoms with Crippen LogP contribution in [-0.4, -0.2) is 130 Å². The second kappa shape index (κ2) is 15.5. The van der Waals surface area contributed by atoms with Gasteiger partial charge in [0.2, 0.25) is 0 Å². The SMILES string of the molecule is [2H][Si](C)([B][3H])OCC1OC(C)CC1OP(=S)(OCC1OC(C)CC1O[Si]([2H])(C)[B][3H])O[C@@H]1[C@H]2OC3(CCCC3)O[C@H]2O[C@@H]1CNC(C)C. The third-order valence-electron chi connectivity index (χ3n) is 8.54. The summed E-state index contributed by atoms with van der Waals surface area (Å²) in [6, 6.07) is 0.198. The van der Waals surface area contributed by atoms with E-state index in [2.05, 4.69) is 19.2 Å². The Kier molecular flexibility index (Phi) is 10.9. The lowest BCUT2D eigenvalue weighted by atomic mass is 10.1. The molecule has 5 fully saturated rings. The van der Waals surface area contributed by atoms with Crippen molar-refractivity contribution in [2.24, 2.45) is 0 Å². The molecule has 0 aromatic heterocycles. The molecule has 17 heteroatoms. The predicted molar refractivity (Wildman–Crippen MR) is 178 cm³/mol. The molecule has 2 radical (unpaired) electrons. The van der Waals surface area contributed by atoms with Gasteiger partial charge in [-0.3, -0.25) is 4.52 Å². The van der Waals surface area contributed by atoms with Gasteiger partial charge in [-0.25, -0.2) is 0 Å². The Balaban J connectivity index is 1.38. The molecule has 1 N–H and O–H groups in total. The topological polar surface area (TPSA) is 104 Å². The van der Waals surface area contributed by atoms with Crippen molar-refractivity contribution < 1.29 is 46.1 Å². The van der Waals surface area contributed by atoms with Crippen molar-refractivity contribution in [1.82, 2.24) is 5.32 Å². The standard InChI is InChI=1S/C27H52B2NO10PSSi2/c1-16(2)30-13-21-24(25-26(35-21)37-27(36-25)9-7-8-10-27)39-41(42,31-14-22-20(40-44(6)29)12-18(4)33-22)38-19-11-17(3)34-23(19)15-32-43(5)28/h16-26,28-30,43-44H,7-15H2,1-6H3/t17?,18?,19?,20?,21-,22?,23?,24+,25-,26-,41?,43?,44?/m1/s1/i28T,29T,43D,44D. The van der Waals surface area contributed by atoms with E-state index >= 15 is 0 Å². The van der Waals surface area contributed by atoms with Crippen molar-refractivity contribution in [1.29, 1.82) is 5.14 Å². The minimum absolute atomic E-state index is 0.0115. The maximum absolute atomic E-state index is 8.43. The molecule has 1 spiro atoms. The second-order valence-electron chi connectivity index (χ2n) is 13.0. The third kappa shape index (κ3) is 9.26. The van der Waals surface area contributed by atoms with Gasteiger partial charge in [0.05, 0.1) is 37.6 Å². The summed E-state index contributed by atoms with van der Waals surface area (Å²) in [5, 5.41) is 3.43. The fourth-order valence-electron chi connectivity index (χ4n) is 6.58. The molecule has 1 saturated carbocycles. The van der Waals surface area contributed by atoms with Crippen LogP contribution in [0.2, 0.25) is 13.1 Å². The van der Waals surface area contributed by atoms with E-state index in [9.17, 15) is 0 Å². The number of nitrogens with one attached hydrogen (secondary N) is 1. The average Bonchev–Trinajstić information content (AvgIpc) is 3.83. The summed E-state index contributed by atoms with van der Waals surface area (Å²) >= 11 is 6.21. The van der Waals surface area contributed by atoms with Crippen molar-refractivity contribution in [3.63, 3.8) is 0 Å². The van der Waals surface area contributed by atoms with E-state index < -0.39 is 79.2 Å². The van der Waals surface area contributed by atoms with Gasteiger partial charge in [-0.05, 0) is 41.2 Å². The van der Waals surface area contributed by atoms with E-state index in [0.717, 1.165) is 40.5 Å². The van der Waals surface area contributed by atoms with Crippen molar-refractivity contribution in [3.05, 3.63) is 0 Å². The molecular weight excluding hydrogens is 639 g/mol. The van der Waals surface area contributed by atoms with E-state index in [1.54, 1.807) is 13.1 Å². The maximum atomic E-state index is 8.43. The summed E-state index contributed by atoms with van der Waals surface area (Å²) in [7, 11) is -3.99. The fraction of sp³-hybridized carbons (Fsp3) is 1.00. The zero-order valence-electron chi connectivity index (χ0n) is 30.8. The monoisotopic (exact) mass is 697 g/mol. The second-order valence-corrected chi connectivity index (χ2v) is 18.9. The van der Waals surface area contributed by atoms with Crippen LogP contribution in [0.25, 0.3) is 0 Å². The van der Waals surface area contributed by atoms with Gasteiger partial charge in [0, 0.05) is 40.7 Å². The Morgan fingerprint density at radius 1 is 1.00 bits per heavy atom. The normalized spacial score (nSPS) is 43.5. The molecule has 0 aromatic carbocycles. The third-order valence-corrected chi connectivity index (χ3v) is 12.2. The zero-order valence-corrected chi connectivity index (χ0v) is 30.5. The summed E-state index contributed by atoms with van der Waals surface area (Å²) in [6.07, 6.45) is -0.0654. The van der Waals surface area contributed by atoms with Crippen LogP contribution in [0.15, 0.2) is 0 Å². The Morgan fingerprint density at radius 2 is 1.68 bits per heavy atom. The Hall–Kier alpha value is 0.774. The molecule has 4 saturated heterocycles. The molecule has 0 amide bonds. The minimum atomic E-state index is -3.63. The van der Waals surface area contributed by atoms with Crippen LogP contribution in [-0.2, 0) is 57.9 Å². The number of fused-ring (bicyclic) bond motifs is 1. The Morgan fingerprint density at radius 3 is 2.36 bits per heavy atom. The van der Waals surface area contributed by atoms with E-state index in [4.69, 9.17) is 63.1 Å². The number of hydrogen-bond donors (Lipinski definition) is 1. The molecule has 13 atom stereocenters. The van der Waals surface area contributed by atoms with Crippen LogP contribution < -0.4 is 5.32 Å². The summed E-state index contributed by atoms with van der Waals surface area (Å²) in [4.78, 5) is 0. The van der Waals surface area contributed by atoms with Crippen LogP contribution in [0.5, 0.6) is 0 Å². The highest BCUT2D eigenvalue weighted by Crippen LogP contribution is 2.57. The van der Waals surface area contributed by atoms with Gasteiger partial charge in [-0.15, -0.1) is 0 Å². The minimum Gasteiger partial charge on any atom is -0.427 e. The summed E-state index contributed by atoms with van der Waals surface area (Å²) in [5.74, 6) is -0.698. The summed E-state index contributed by atoms with van der Waals surface area (Å²) < 4.78 is 95.5. The molecular formula is C27H52B2NO10PSSi2. The van der Waals surface area contributed by atoms with Crippen LogP contribution in [0, 0.1) is 0 Å². The first kappa shape index (κ1) is 30.8. The average molecular weight is 698 g/mol. The summed E-state index contributed by atoms with van der Waals surface area (Å²) in [5.41, 5.74) is 0. The molecule has 4 heterocycles. The molecule has 44 heavy (non-hydrogen) atoms. The Labute approximate surface area is 279 Å². The van der Waals surface area contributed by atoms with Crippen LogP contribution in [0.3, 0.4) is 0 Å². The van der Waals surface area contributed by atoms with E-state index in [1.807, 2.05) is 13.8 Å².